The van der Waals surface area contributed by atoms with E-state index in [9.17, 15) is 22.8 Å². The van der Waals surface area contributed by atoms with Crippen molar-refractivity contribution in [2.45, 2.75) is 32.2 Å². The molecule has 1 amide bonds. The number of carboxylic acid groups (broad SMARTS) is 1. The number of carbonyl (C=O) groups excluding carboxylic acids is 1. The summed E-state index contributed by atoms with van der Waals surface area (Å²) in [6, 6.07) is 3.69. The number of fused-ring (bicyclic) bond motifs is 1. The first-order valence-electron chi connectivity index (χ1n) is 8.32. The van der Waals surface area contributed by atoms with Crippen molar-refractivity contribution in [1.82, 2.24) is 14.5 Å². The summed E-state index contributed by atoms with van der Waals surface area (Å²) in [5, 5.41) is 9.03. The molecule has 0 radical (unpaired) electrons. The molecule has 2 aromatic rings. The Labute approximate surface area is 152 Å². The van der Waals surface area contributed by atoms with Crippen LogP contribution in [0.4, 0.5) is 13.2 Å². The van der Waals surface area contributed by atoms with Crippen LogP contribution in [0.3, 0.4) is 0 Å². The van der Waals surface area contributed by atoms with Gasteiger partial charge in [0.15, 0.2) is 6.10 Å². The number of hydrogen-bond acceptors (Lipinski definition) is 4. The van der Waals surface area contributed by atoms with Crippen LogP contribution >= 0.6 is 0 Å². The number of imidazole rings is 1. The minimum absolute atomic E-state index is 0.0601. The third-order valence-corrected chi connectivity index (χ3v) is 4.34. The topological polar surface area (TPSA) is 84.7 Å². The molecule has 0 aliphatic carbocycles. The van der Waals surface area contributed by atoms with Gasteiger partial charge in [0.05, 0.1) is 24.2 Å². The first kappa shape index (κ1) is 19.2. The van der Waals surface area contributed by atoms with Gasteiger partial charge in [-0.3, -0.25) is 4.79 Å². The molecule has 10 heteroatoms. The largest absolute Gasteiger partial charge is 0.479 e. The Morgan fingerprint density at radius 1 is 1.33 bits per heavy atom. The van der Waals surface area contributed by atoms with Crippen LogP contribution in [0.15, 0.2) is 18.2 Å². The van der Waals surface area contributed by atoms with E-state index in [4.69, 9.17) is 9.84 Å². The summed E-state index contributed by atoms with van der Waals surface area (Å²) in [4.78, 5) is 28.7. The van der Waals surface area contributed by atoms with Crippen molar-refractivity contribution >= 4 is 22.9 Å². The highest BCUT2D eigenvalue weighted by atomic mass is 19.4. The fraction of sp³-hybridized carbons (Fsp3) is 0.471. The number of ether oxygens (including phenoxy) is 1. The number of rotatable bonds is 3. The van der Waals surface area contributed by atoms with Crippen molar-refractivity contribution in [2.24, 2.45) is 0 Å². The summed E-state index contributed by atoms with van der Waals surface area (Å²) >= 11 is 0. The lowest BCUT2D eigenvalue weighted by Crippen LogP contribution is -2.48. The van der Waals surface area contributed by atoms with Gasteiger partial charge in [-0.2, -0.15) is 13.2 Å². The van der Waals surface area contributed by atoms with Crippen molar-refractivity contribution in [2.75, 3.05) is 19.7 Å². The van der Waals surface area contributed by atoms with Crippen LogP contribution in [-0.4, -0.2) is 57.2 Å². The molecule has 1 N–H and O–H groups in total. The van der Waals surface area contributed by atoms with E-state index in [0.717, 1.165) is 4.57 Å². The van der Waals surface area contributed by atoms with Crippen molar-refractivity contribution in [3.05, 3.63) is 29.6 Å². The monoisotopic (exact) mass is 385 g/mol. The molecule has 1 fully saturated rings. The molecule has 2 heterocycles. The number of morpholine rings is 1. The number of halogens is 3. The summed E-state index contributed by atoms with van der Waals surface area (Å²) in [5.74, 6) is -2.66. The Bertz CT molecular complexity index is 891. The van der Waals surface area contributed by atoms with Gasteiger partial charge in [0.2, 0.25) is 5.82 Å². The van der Waals surface area contributed by atoms with Gasteiger partial charge < -0.3 is 19.3 Å². The van der Waals surface area contributed by atoms with Crippen LogP contribution in [0.2, 0.25) is 0 Å². The van der Waals surface area contributed by atoms with Crippen molar-refractivity contribution in [3.63, 3.8) is 0 Å². The van der Waals surface area contributed by atoms with Crippen LogP contribution in [0.1, 0.15) is 36.1 Å². The molecule has 1 aliphatic heterocycles. The van der Waals surface area contributed by atoms with Gasteiger partial charge in [-0.25, -0.2) is 9.78 Å². The number of amides is 1. The molecule has 0 bridgehead atoms. The molecule has 1 atom stereocenters. The first-order valence-corrected chi connectivity index (χ1v) is 8.32. The molecule has 1 saturated heterocycles. The van der Waals surface area contributed by atoms with E-state index in [1.54, 1.807) is 13.8 Å². The molecule has 7 nitrogen and oxygen atoms in total. The number of benzene rings is 1. The van der Waals surface area contributed by atoms with Crippen molar-refractivity contribution < 1.29 is 32.6 Å². The molecule has 3 rings (SSSR count). The summed E-state index contributed by atoms with van der Waals surface area (Å²) in [6.07, 6.45) is -5.74. The SMILES string of the molecule is CC(C)n1c(C(F)(F)F)nc2cc(C(=O)N3CCO[C@@H](C(=O)O)C3)ccc21. The average molecular weight is 385 g/mol. The maximum atomic E-state index is 13.3. The van der Waals surface area contributed by atoms with Crippen molar-refractivity contribution in [1.29, 1.82) is 0 Å². The maximum absolute atomic E-state index is 13.3. The third kappa shape index (κ3) is 3.61. The average Bonchev–Trinajstić information content (AvgIpc) is 3.00. The van der Waals surface area contributed by atoms with Gasteiger partial charge in [0.1, 0.15) is 0 Å². The predicted octanol–water partition coefficient (Wildman–Crippen LogP) is 2.56. The highest BCUT2D eigenvalue weighted by Gasteiger charge is 2.38. The van der Waals surface area contributed by atoms with E-state index in [1.807, 2.05) is 0 Å². The predicted molar refractivity (Wildman–Crippen MR) is 88.4 cm³/mol. The Balaban J connectivity index is 1.97. The van der Waals surface area contributed by atoms with Crippen molar-refractivity contribution in [3.8, 4) is 0 Å². The molecule has 1 aromatic carbocycles. The molecular formula is C17H18F3N3O4. The van der Waals surface area contributed by atoms with E-state index in [0.29, 0.717) is 0 Å². The Kier molecular flexibility index (Phi) is 4.85. The summed E-state index contributed by atoms with van der Waals surface area (Å²) in [6.45, 7) is 3.39. The minimum Gasteiger partial charge on any atom is -0.479 e. The molecule has 0 unspecified atom stereocenters. The van der Waals surface area contributed by atoms with Gasteiger partial charge in [-0.05, 0) is 32.0 Å². The molecule has 1 aliphatic rings. The van der Waals surface area contributed by atoms with E-state index < -0.39 is 36.0 Å². The number of carbonyl (C=O) groups is 2. The Morgan fingerprint density at radius 3 is 2.63 bits per heavy atom. The highest BCUT2D eigenvalue weighted by molar-refractivity contribution is 5.97. The molecule has 146 valence electrons. The number of hydrogen-bond donors (Lipinski definition) is 1. The smallest absolute Gasteiger partial charge is 0.449 e. The zero-order chi connectivity index (χ0) is 19.9. The zero-order valence-corrected chi connectivity index (χ0v) is 14.7. The lowest BCUT2D eigenvalue weighted by molar-refractivity contribution is -0.154. The standard InChI is InChI=1S/C17H18F3N3O4/c1-9(2)23-12-4-3-10(7-11(12)21-16(23)17(18,19)20)14(24)22-5-6-27-13(8-22)15(25)26/h3-4,7,9,13H,5-6,8H2,1-2H3,(H,25,26)/t13-/m1/s1. The van der Waals surface area contributed by atoms with Gasteiger partial charge >= 0.3 is 12.1 Å². The molecule has 27 heavy (non-hydrogen) atoms. The minimum atomic E-state index is -4.62. The van der Waals surface area contributed by atoms with Crippen LogP contribution in [0.5, 0.6) is 0 Å². The number of aromatic nitrogens is 2. The quantitative estimate of drug-likeness (QED) is 0.878. The Hall–Kier alpha value is -2.62. The molecule has 0 spiro atoms. The van der Waals surface area contributed by atoms with Gasteiger partial charge in [-0.15, -0.1) is 0 Å². The number of nitrogens with zero attached hydrogens (tertiary/aromatic N) is 3. The number of carboxylic acids is 1. The van der Waals surface area contributed by atoms with Crippen LogP contribution < -0.4 is 0 Å². The first-order chi connectivity index (χ1) is 12.6. The second-order valence-electron chi connectivity index (χ2n) is 6.55. The Morgan fingerprint density at radius 2 is 2.04 bits per heavy atom. The number of aliphatic carboxylic acids is 1. The summed E-state index contributed by atoms with van der Waals surface area (Å²) in [7, 11) is 0. The van der Waals surface area contributed by atoms with E-state index in [2.05, 4.69) is 4.98 Å². The highest BCUT2D eigenvalue weighted by Crippen LogP contribution is 2.34. The van der Waals surface area contributed by atoms with E-state index in [1.165, 1.54) is 23.1 Å². The zero-order valence-electron chi connectivity index (χ0n) is 14.7. The third-order valence-electron chi connectivity index (χ3n) is 4.34. The summed E-state index contributed by atoms with van der Waals surface area (Å²) in [5.41, 5.74) is 0.486. The lowest BCUT2D eigenvalue weighted by atomic mass is 10.1. The van der Waals surface area contributed by atoms with E-state index >= 15 is 0 Å². The van der Waals surface area contributed by atoms with Crippen LogP contribution in [0.25, 0.3) is 11.0 Å². The second kappa shape index (κ2) is 6.84. The van der Waals surface area contributed by atoms with E-state index in [-0.39, 0.29) is 36.3 Å². The lowest BCUT2D eigenvalue weighted by Gasteiger charge is -2.30. The van der Waals surface area contributed by atoms with Gasteiger partial charge in [0, 0.05) is 18.2 Å². The van der Waals surface area contributed by atoms with Crippen LogP contribution in [-0.2, 0) is 15.7 Å². The molecule has 0 saturated carbocycles. The fourth-order valence-electron chi connectivity index (χ4n) is 3.12. The second-order valence-corrected chi connectivity index (χ2v) is 6.55. The van der Waals surface area contributed by atoms with Gasteiger partial charge in [0.25, 0.3) is 5.91 Å². The number of alkyl halides is 3. The summed E-state index contributed by atoms with van der Waals surface area (Å²) < 4.78 is 46.0. The molecule has 1 aromatic heterocycles. The molecular weight excluding hydrogens is 367 g/mol. The van der Waals surface area contributed by atoms with Crippen LogP contribution in [0, 0.1) is 0 Å². The normalized spacial score (nSPS) is 18.3. The van der Waals surface area contributed by atoms with Gasteiger partial charge in [-0.1, -0.05) is 0 Å². The maximum Gasteiger partial charge on any atom is 0.449 e. The fourth-order valence-corrected chi connectivity index (χ4v) is 3.12.